The summed E-state index contributed by atoms with van der Waals surface area (Å²) in [6.07, 6.45) is -0.488. The molecule has 0 aromatic rings. The first-order valence-electron chi connectivity index (χ1n) is 4.00. The van der Waals surface area contributed by atoms with E-state index in [-0.39, 0.29) is 0 Å². The molecule has 0 bridgehead atoms. The lowest BCUT2D eigenvalue weighted by atomic mass is 10.4. The largest absolute Gasteiger partial charge is 0.522 e. The molecule has 1 fully saturated rings. The minimum absolute atomic E-state index is 0.488. The molecular formula is C5H6F3NO8S2. The summed E-state index contributed by atoms with van der Waals surface area (Å²) < 4.78 is 86.6. The van der Waals surface area contributed by atoms with E-state index in [0.29, 0.717) is 0 Å². The van der Waals surface area contributed by atoms with E-state index in [1.165, 1.54) is 0 Å². The molecule has 1 heterocycles. The van der Waals surface area contributed by atoms with E-state index in [0.717, 1.165) is 0 Å². The van der Waals surface area contributed by atoms with Crippen molar-refractivity contribution < 1.29 is 48.7 Å². The van der Waals surface area contributed by atoms with E-state index in [2.05, 4.69) is 0 Å². The van der Waals surface area contributed by atoms with Gasteiger partial charge in [-0.2, -0.15) is 30.0 Å². The maximum atomic E-state index is 10.7. The molecule has 1 unspecified atom stereocenters. The van der Waals surface area contributed by atoms with Crippen LogP contribution in [-0.4, -0.2) is 48.5 Å². The number of nitrogens with one attached hydrogen (secondary N) is 1. The van der Waals surface area contributed by atoms with Crippen LogP contribution in [0.5, 0.6) is 0 Å². The molecule has 1 rings (SSSR count). The van der Waals surface area contributed by atoms with E-state index >= 15 is 0 Å². The number of hydrogen-bond donors (Lipinski definition) is 3. The molecule has 0 aromatic heterocycles. The topological polar surface area (TPSA) is 155 Å². The van der Waals surface area contributed by atoms with Crippen LogP contribution < -0.4 is 5.32 Å². The van der Waals surface area contributed by atoms with Gasteiger partial charge < -0.3 is 0 Å². The van der Waals surface area contributed by atoms with Gasteiger partial charge in [0, 0.05) is 0 Å². The summed E-state index contributed by atoms with van der Waals surface area (Å²) in [5, 5.41) is 0.141. The number of imide groups is 1. The maximum absolute atomic E-state index is 10.7. The van der Waals surface area contributed by atoms with Crippen molar-refractivity contribution in [3.8, 4) is 0 Å². The monoisotopic (exact) mass is 329 g/mol. The quantitative estimate of drug-likeness (QED) is 0.304. The number of amides is 2. The van der Waals surface area contributed by atoms with E-state index < -0.39 is 49.2 Å². The molecule has 1 saturated heterocycles. The summed E-state index contributed by atoms with van der Waals surface area (Å²) in [4.78, 5) is 21.0. The Balaban J connectivity index is 0.000000362. The van der Waals surface area contributed by atoms with Crippen molar-refractivity contribution in [2.24, 2.45) is 0 Å². The van der Waals surface area contributed by atoms with Gasteiger partial charge in [0.15, 0.2) is 5.25 Å². The van der Waals surface area contributed by atoms with E-state index in [9.17, 15) is 31.2 Å². The Morgan fingerprint density at radius 2 is 1.47 bits per heavy atom. The van der Waals surface area contributed by atoms with Gasteiger partial charge in [-0.1, -0.05) is 0 Å². The van der Waals surface area contributed by atoms with Crippen LogP contribution in [0.2, 0.25) is 0 Å². The fourth-order valence-corrected chi connectivity index (χ4v) is 1.46. The van der Waals surface area contributed by atoms with Crippen LogP contribution in [0.1, 0.15) is 6.42 Å². The van der Waals surface area contributed by atoms with Crippen LogP contribution in [0.3, 0.4) is 0 Å². The molecular weight excluding hydrogens is 323 g/mol. The Morgan fingerprint density at radius 1 is 1.11 bits per heavy atom. The molecule has 1 aliphatic heterocycles. The fraction of sp³-hybridized carbons (Fsp3) is 0.600. The van der Waals surface area contributed by atoms with Crippen LogP contribution in [0.15, 0.2) is 0 Å². The standard InChI is InChI=1S/C4H5NO5S.CHF3O3S/c6-3-1-2(4(7)5-3)11(8,9)10;2-1(3,4)8(5,6)7/h2H,1H2,(H,5,6,7)(H,8,9,10);(H,5,6,7). The number of carbonyl (C=O) groups excluding carboxylic acids is 2. The predicted octanol–water partition coefficient (Wildman–Crippen LogP) is -1.32. The van der Waals surface area contributed by atoms with Gasteiger partial charge in [-0.25, -0.2) is 0 Å². The molecule has 14 heteroatoms. The molecule has 112 valence electrons. The summed E-state index contributed by atoms with van der Waals surface area (Å²) in [6.45, 7) is 0. The summed E-state index contributed by atoms with van der Waals surface area (Å²) in [5.74, 6) is -1.64. The molecule has 19 heavy (non-hydrogen) atoms. The zero-order valence-corrected chi connectivity index (χ0v) is 10.2. The molecule has 1 aliphatic rings. The molecule has 0 radical (unpaired) electrons. The number of carbonyl (C=O) groups is 2. The molecule has 0 saturated carbocycles. The second-order valence-corrected chi connectivity index (χ2v) is 6.05. The Morgan fingerprint density at radius 3 is 1.58 bits per heavy atom. The predicted molar refractivity (Wildman–Crippen MR) is 50.7 cm³/mol. The number of halogens is 3. The zero-order valence-electron chi connectivity index (χ0n) is 8.58. The second kappa shape index (κ2) is 5.40. The molecule has 0 spiro atoms. The van der Waals surface area contributed by atoms with Gasteiger partial charge in [-0.15, -0.1) is 0 Å². The fourth-order valence-electron chi connectivity index (χ4n) is 0.771. The average molecular weight is 329 g/mol. The van der Waals surface area contributed by atoms with Crippen molar-refractivity contribution in [1.82, 2.24) is 5.32 Å². The first kappa shape index (κ1) is 17.8. The highest BCUT2D eigenvalue weighted by molar-refractivity contribution is 7.87. The van der Waals surface area contributed by atoms with Gasteiger partial charge in [0.2, 0.25) is 11.8 Å². The van der Waals surface area contributed by atoms with Gasteiger partial charge in [0.1, 0.15) is 0 Å². The molecule has 0 aromatic carbocycles. The highest BCUT2D eigenvalue weighted by Gasteiger charge is 2.44. The van der Waals surface area contributed by atoms with E-state index in [1.807, 2.05) is 0 Å². The summed E-state index contributed by atoms with van der Waals surface area (Å²) >= 11 is 0. The SMILES string of the molecule is O=C1CC(S(=O)(=O)O)C(=O)N1.O=S(=O)(O)C(F)(F)F. The molecule has 0 aliphatic carbocycles. The highest BCUT2D eigenvalue weighted by atomic mass is 32.2. The van der Waals surface area contributed by atoms with Crippen molar-refractivity contribution >= 4 is 32.1 Å². The van der Waals surface area contributed by atoms with Crippen molar-refractivity contribution in [3.63, 3.8) is 0 Å². The van der Waals surface area contributed by atoms with Crippen molar-refractivity contribution in [1.29, 1.82) is 0 Å². The Bertz CT molecular complexity index is 576. The first-order chi connectivity index (χ1) is 8.16. The molecule has 1 atom stereocenters. The normalized spacial score (nSPS) is 20.6. The third-order valence-corrected chi connectivity index (χ3v) is 3.26. The van der Waals surface area contributed by atoms with Gasteiger partial charge in [0.05, 0.1) is 6.42 Å². The molecule has 9 nitrogen and oxygen atoms in total. The minimum atomic E-state index is -5.84. The maximum Gasteiger partial charge on any atom is 0.522 e. The van der Waals surface area contributed by atoms with Crippen LogP contribution in [-0.2, 0) is 29.8 Å². The van der Waals surface area contributed by atoms with Crippen LogP contribution in [0.4, 0.5) is 13.2 Å². The average Bonchev–Trinajstić information content (AvgIpc) is 2.41. The van der Waals surface area contributed by atoms with Gasteiger partial charge >= 0.3 is 15.6 Å². The second-order valence-electron chi connectivity index (χ2n) is 3.04. The Kier molecular flexibility index (Phi) is 5.04. The first-order valence-corrected chi connectivity index (χ1v) is 6.94. The number of alkyl halides is 3. The minimum Gasteiger partial charge on any atom is -0.295 e. The third kappa shape index (κ3) is 5.50. The van der Waals surface area contributed by atoms with E-state index in [1.54, 1.807) is 5.32 Å². The van der Waals surface area contributed by atoms with E-state index in [4.69, 9.17) is 17.5 Å². The lowest BCUT2D eigenvalue weighted by Gasteiger charge is -1.98. The summed E-state index contributed by atoms with van der Waals surface area (Å²) in [5.41, 5.74) is -5.53. The summed E-state index contributed by atoms with van der Waals surface area (Å²) in [6, 6.07) is 0. The van der Waals surface area contributed by atoms with Crippen LogP contribution in [0.25, 0.3) is 0 Å². The van der Waals surface area contributed by atoms with Gasteiger partial charge in [0.25, 0.3) is 10.1 Å². The number of rotatable bonds is 1. The summed E-state index contributed by atoms with van der Waals surface area (Å²) in [7, 11) is -10.3. The zero-order chi connectivity index (χ0) is 15.6. The smallest absolute Gasteiger partial charge is 0.295 e. The Hall–Kier alpha value is -1.25. The van der Waals surface area contributed by atoms with Gasteiger partial charge in [-0.3, -0.25) is 24.0 Å². The Labute approximate surface area is 104 Å². The van der Waals surface area contributed by atoms with Crippen molar-refractivity contribution in [2.75, 3.05) is 0 Å². The van der Waals surface area contributed by atoms with Crippen LogP contribution >= 0.6 is 0 Å². The molecule has 2 amide bonds. The number of hydrogen-bond acceptors (Lipinski definition) is 6. The van der Waals surface area contributed by atoms with Crippen LogP contribution in [0, 0.1) is 0 Å². The van der Waals surface area contributed by atoms with Crippen molar-refractivity contribution in [3.05, 3.63) is 0 Å². The third-order valence-electron chi connectivity index (χ3n) is 1.58. The highest BCUT2D eigenvalue weighted by Crippen LogP contribution is 2.20. The molecule has 3 N–H and O–H groups in total. The van der Waals surface area contributed by atoms with Gasteiger partial charge in [-0.05, 0) is 0 Å². The lowest BCUT2D eigenvalue weighted by Crippen LogP contribution is -2.30. The van der Waals surface area contributed by atoms with Crippen molar-refractivity contribution in [2.45, 2.75) is 17.2 Å². The lowest BCUT2D eigenvalue weighted by molar-refractivity contribution is -0.124.